The zero-order valence-electron chi connectivity index (χ0n) is 21.5. The minimum atomic E-state index is -0.0928. The van der Waals surface area contributed by atoms with Crippen LogP contribution >= 0.6 is 0 Å². The average Bonchev–Trinajstić information content (AvgIpc) is 3.22. The van der Waals surface area contributed by atoms with Crippen LogP contribution in [0.5, 0.6) is 0 Å². The molecule has 0 aliphatic carbocycles. The number of hydrogen-bond acceptors (Lipinski definition) is 3. The first kappa shape index (κ1) is 22.9. The second-order valence-electron chi connectivity index (χ2n) is 9.81. The van der Waals surface area contributed by atoms with Gasteiger partial charge in [-0.15, -0.1) is 0 Å². The van der Waals surface area contributed by atoms with E-state index >= 15 is 0 Å². The van der Waals surface area contributed by atoms with Gasteiger partial charge >= 0.3 is 0 Å². The van der Waals surface area contributed by atoms with Gasteiger partial charge in [-0.25, -0.2) is 0 Å². The number of nitrogens with zero attached hydrogens (tertiary/aromatic N) is 4. The molecule has 0 amide bonds. The van der Waals surface area contributed by atoms with Crippen LogP contribution < -0.4 is 5.56 Å². The summed E-state index contributed by atoms with van der Waals surface area (Å²) in [5.74, 6) is 0. The van der Waals surface area contributed by atoms with Crippen LogP contribution in [0.3, 0.4) is 0 Å². The third-order valence-corrected chi connectivity index (χ3v) is 7.32. The van der Waals surface area contributed by atoms with Gasteiger partial charge in [0.2, 0.25) is 0 Å². The van der Waals surface area contributed by atoms with Crippen LogP contribution in [-0.2, 0) is 6.54 Å². The van der Waals surface area contributed by atoms with Crippen LogP contribution in [0.4, 0.5) is 0 Å². The number of pyridine rings is 2. The third kappa shape index (κ3) is 3.93. The molecule has 3 aromatic carbocycles. The molecule has 5 nitrogen and oxygen atoms in total. The average molecular weight is 485 g/mol. The lowest BCUT2D eigenvalue weighted by molar-refractivity contribution is 0.827. The minimum Gasteiger partial charge on any atom is -0.342 e. The Morgan fingerprint density at radius 1 is 0.784 bits per heavy atom. The molecule has 2 aliphatic heterocycles. The van der Waals surface area contributed by atoms with Gasteiger partial charge in [-0.3, -0.25) is 9.78 Å². The van der Waals surface area contributed by atoms with Crippen molar-refractivity contribution in [3.8, 4) is 28.1 Å². The fraction of sp³-hybridized carbons (Fsp3) is 0.156. The Balaban J connectivity index is 1.48. The van der Waals surface area contributed by atoms with E-state index in [-0.39, 0.29) is 5.56 Å². The van der Waals surface area contributed by atoms with Crippen molar-refractivity contribution >= 4 is 10.9 Å². The Kier molecular flexibility index (Phi) is 5.49. The second-order valence-corrected chi connectivity index (χ2v) is 9.81. The summed E-state index contributed by atoms with van der Waals surface area (Å²) in [4.78, 5) is 18.1. The Morgan fingerprint density at radius 2 is 1.51 bits per heavy atom. The van der Waals surface area contributed by atoms with Crippen molar-refractivity contribution in [2.45, 2.75) is 34.2 Å². The van der Waals surface area contributed by atoms with E-state index < -0.39 is 0 Å². The maximum atomic E-state index is 13.7. The van der Waals surface area contributed by atoms with Crippen LogP contribution in [0.25, 0.3) is 39.0 Å². The SMILES string of the molecule is Cc1ccc(-c2ccc(Cn3cc4c(=O)n(-c5cccc(C)c5C)nc-4c4c(C)cccc43)cc2)cn1. The van der Waals surface area contributed by atoms with Gasteiger partial charge in [0.15, 0.2) is 0 Å². The van der Waals surface area contributed by atoms with Crippen molar-refractivity contribution in [2.75, 3.05) is 0 Å². The molecule has 6 rings (SSSR count). The molecule has 182 valence electrons. The summed E-state index contributed by atoms with van der Waals surface area (Å²) >= 11 is 0. The van der Waals surface area contributed by atoms with Crippen molar-refractivity contribution in [1.82, 2.24) is 19.3 Å². The summed E-state index contributed by atoms with van der Waals surface area (Å²) < 4.78 is 3.73. The maximum absolute atomic E-state index is 13.7. The number of benzene rings is 3. The van der Waals surface area contributed by atoms with E-state index in [0.717, 1.165) is 61.4 Å². The zero-order chi connectivity index (χ0) is 25.7. The first-order valence-corrected chi connectivity index (χ1v) is 12.5. The minimum absolute atomic E-state index is 0.0928. The van der Waals surface area contributed by atoms with Crippen molar-refractivity contribution in [2.24, 2.45) is 0 Å². The Hall–Kier alpha value is -4.51. The van der Waals surface area contributed by atoms with Crippen LogP contribution in [-0.4, -0.2) is 19.3 Å². The number of fused-ring (bicyclic) bond motifs is 3. The van der Waals surface area contributed by atoms with Crippen molar-refractivity contribution < 1.29 is 0 Å². The normalized spacial score (nSPS) is 11.5. The quantitative estimate of drug-likeness (QED) is 0.282. The van der Waals surface area contributed by atoms with Crippen LogP contribution in [0, 0.1) is 27.7 Å². The number of hydrogen-bond donors (Lipinski definition) is 0. The van der Waals surface area contributed by atoms with Crippen molar-refractivity contribution in [3.63, 3.8) is 0 Å². The molecule has 0 radical (unpaired) electrons. The number of aryl methyl sites for hydroxylation is 3. The first-order chi connectivity index (χ1) is 17.9. The molecular weight excluding hydrogens is 456 g/mol. The summed E-state index contributed by atoms with van der Waals surface area (Å²) in [5, 5.41) is 5.87. The van der Waals surface area contributed by atoms with Gasteiger partial charge in [0, 0.05) is 35.6 Å². The van der Waals surface area contributed by atoms with E-state index in [9.17, 15) is 4.79 Å². The molecule has 4 aromatic rings. The van der Waals surface area contributed by atoms with E-state index in [4.69, 9.17) is 5.10 Å². The van der Waals surface area contributed by atoms with E-state index in [1.54, 1.807) is 4.68 Å². The van der Waals surface area contributed by atoms with Gasteiger partial charge in [-0.05, 0) is 73.7 Å². The van der Waals surface area contributed by atoms with Crippen LogP contribution in [0.2, 0.25) is 0 Å². The summed E-state index contributed by atoms with van der Waals surface area (Å²) in [5.41, 5.74) is 10.9. The Labute approximate surface area is 216 Å². The summed E-state index contributed by atoms with van der Waals surface area (Å²) in [6.45, 7) is 8.82. The third-order valence-electron chi connectivity index (χ3n) is 7.32. The highest BCUT2D eigenvalue weighted by Crippen LogP contribution is 2.32. The first-order valence-electron chi connectivity index (χ1n) is 12.5. The summed E-state index contributed by atoms with van der Waals surface area (Å²) in [6.07, 6.45) is 3.87. The zero-order valence-corrected chi connectivity index (χ0v) is 21.5. The fourth-order valence-corrected chi connectivity index (χ4v) is 5.04. The van der Waals surface area contributed by atoms with Crippen molar-refractivity contribution in [1.29, 1.82) is 0 Å². The van der Waals surface area contributed by atoms with Gasteiger partial charge < -0.3 is 4.57 Å². The van der Waals surface area contributed by atoms with Gasteiger partial charge in [-0.2, -0.15) is 9.78 Å². The Bertz CT molecular complexity index is 1790. The highest BCUT2D eigenvalue weighted by Gasteiger charge is 2.22. The topological polar surface area (TPSA) is 52.7 Å². The van der Waals surface area contributed by atoms with Crippen LogP contribution in [0.1, 0.15) is 27.9 Å². The molecule has 2 aliphatic rings. The molecule has 0 saturated carbocycles. The highest BCUT2D eigenvalue weighted by molar-refractivity contribution is 5.96. The molecule has 0 spiro atoms. The standard InChI is InChI=1S/C32H28N4O/c1-20-7-5-9-28(23(20)4)36-32(37)27-19-35(29-10-6-8-21(2)30(29)31(27)34-36)18-24-12-15-25(16-13-24)26-14-11-22(3)33-17-26/h5-17,19H,18H2,1-4H3. The number of rotatable bonds is 4. The summed E-state index contributed by atoms with van der Waals surface area (Å²) in [7, 11) is 0. The largest absolute Gasteiger partial charge is 0.342 e. The smallest absolute Gasteiger partial charge is 0.282 e. The molecule has 0 saturated heterocycles. The lowest BCUT2D eigenvalue weighted by Crippen LogP contribution is -2.16. The van der Waals surface area contributed by atoms with E-state index in [2.05, 4.69) is 78.0 Å². The molecule has 37 heavy (non-hydrogen) atoms. The lowest BCUT2D eigenvalue weighted by atomic mass is 10.0. The van der Waals surface area contributed by atoms with E-state index in [0.29, 0.717) is 12.1 Å². The molecular formula is C32H28N4O. The predicted molar refractivity (Wildman–Crippen MR) is 150 cm³/mol. The molecule has 3 heterocycles. The molecule has 1 aromatic heterocycles. The van der Waals surface area contributed by atoms with E-state index in [1.165, 1.54) is 0 Å². The molecule has 0 unspecified atom stereocenters. The Morgan fingerprint density at radius 3 is 2.27 bits per heavy atom. The summed E-state index contributed by atoms with van der Waals surface area (Å²) in [6, 6.07) is 24.9. The van der Waals surface area contributed by atoms with Gasteiger partial charge in [0.25, 0.3) is 5.56 Å². The van der Waals surface area contributed by atoms with E-state index in [1.807, 2.05) is 44.4 Å². The lowest BCUT2D eigenvalue weighted by Gasteiger charge is -2.15. The van der Waals surface area contributed by atoms with Crippen molar-refractivity contribution in [3.05, 3.63) is 123 Å². The number of aromatic nitrogens is 4. The van der Waals surface area contributed by atoms with Gasteiger partial charge in [0.1, 0.15) is 5.69 Å². The predicted octanol–water partition coefficient (Wildman–Crippen LogP) is 6.64. The fourth-order valence-electron chi connectivity index (χ4n) is 5.04. The monoisotopic (exact) mass is 484 g/mol. The molecule has 0 atom stereocenters. The van der Waals surface area contributed by atoms with Gasteiger partial charge in [-0.1, -0.05) is 54.6 Å². The van der Waals surface area contributed by atoms with Gasteiger partial charge in [0.05, 0.1) is 16.8 Å². The maximum Gasteiger partial charge on any atom is 0.282 e. The van der Waals surface area contributed by atoms with Crippen LogP contribution in [0.15, 0.2) is 90.0 Å². The molecule has 5 heteroatoms. The molecule has 0 bridgehead atoms. The molecule has 0 N–H and O–H groups in total. The molecule has 0 fully saturated rings. The second kappa shape index (κ2) is 8.86. The highest BCUT2D eigenvalue weighted by atomic mass is 16.1.